The minimum absolute atomic E-state index is 0.0939. The van der Waals surface area contributed by atoms with Crippen molar-refractivity contribution in [2.24, 2.45) is 5.41 Å². The molecule has 0 saturated carbocycles. The zero-order chi connectivity index (χ0) is 13.9. The summed E-state index contributed by atoms with van der Waals surface area (Å²) in [5, 5.41) is 13.5. The van der Waals surface area contributed by atoms with Crippen LogP contribution in [0, 0.1) is 12.3 Å². The standard InChI is InChI=1S/C13H19NO3S/c1-8-7-18-11(12(16)17)10(8)14-9(15)5-6-13(2,3)4/h7H,5-6H2,1-4H3,(H,14,15)(H,16,17). The summed E-state index contributed by atoms with van der Waals surface area (Å²) < 4.78 is 0. The molecule has 5 heteroatoms. The molecule has 1 heterocycles. The second kappa shape index (κ2) is 5.52. The van der Waals surface area contributed by atoms with Crippen LogP contribution in [0.25, 0.3) is 0 Å². The molecule has 1 aromatic rings. The molecule has 0 radical (unpaired) electrons. The number of nitrogens with one attached hydrogen (secondary N) is 1. The van der Waals surface area contributed by atoms with Crippen LogP contribution in [-0.2, 0) is 4.79 Å². The highest BCUT2D eigenvalue weighted by molar-refractivity contribution is 7.12. The fraction of sp³-hybridized carbons (Fsp3) is 0.538. The van der Waals surface area contributed by atoms with Crippen LogP contribution >= 0.6 is 11.3 Å². The molecular formula is C13H19NO3S. The number of aromatic carboxylic acids is 1. The van der Waals surface area contributed by atoms with Gasteiger partial charge >= 0.3 is 5.97 Å². The summed E-state index contributed by atoms with van der Waals surface area (Å²) in [4.78, 5) is 23.0. The van der Waals surface area contributed by atoms with E-state index in [1.54, 1.807) is 12.3 Å². The molecule has 1 rings (SSSR count). The van der Waals surface area contributed by atoms with Crippen molar-refractivity contribution in [3.8, 4) is 0 Å². The van der Waals surface area contributed by atoms with Crippen LogP contribution in [0.15, 0.2) is 5.38 Å². The molecule has 1 amide bonds. The first-order valence-corrected chi connectivity index (χ1v) is 6.70. The second-order valence-electron chi connectivity index (χ2n) is 5.54. The van der Waals surface area contributed by atoms with E-state index in [0.717, 1.165) is 23.3 Å². The Kier molecular flexibility index (Phi) is 4.51. The normalized spacial score (nSPS) is 11.3. The first kappa shape index (κ1) is 14.7. The zero-order valence-electron chi connectivity index (χ0n) is 11.2. The number of rotatable bonds is 4. The van der Waals surface area contributed by atoms with Gasteiger partial charge in [-0.15, -0.1) is 11.3 Å². The third-order valence-electron chi connectivity index (χ3n) is 2.54. The van der Waals surface area contributed by atoms with Crippen molar-refractivity contribution >= 4 is 28.9 Å². The summed E-state index contributed by atoms with van der Waals surface area (Å²) in [6.45, 7) is 8.00. The lowest BCUT2D eigenvalue weighted by atomic mass is 9.90. The van der Waals surface area contributed by atoms with E-state index in [1.165, 1.54) is 0 Å². The fourth-order valence-corrected chi connectivity index (χ4v) is 2.29. The van der Waals surface area contributed by atoms with Crippen molar-refractivity contribution < 1.29 is 14.7 Å². The molecule has 4 nitrogen and oxygen atoms in total. The van der Waals surface area contributed by atoms with Gasteiger partial charge in [0.25, 0.3) is 0 Å². The van der Waals surface area contributed by atoms with Crippen LogP contribution < -0.4 is 5.32 Å². The highest BCUT2D eigenvalue weighted by Gasteiger charge is 2.18. The van der Waals surface area contributed by atoms with Crippen molar-refractivity contribution in [1.82, 2.24) is 0 Å². The summed E-state index contributed by atoms with van der Waals surface area (Å²) >= 11 is 1.14. The van der Waals surface area contributed by atoms with Crippen molar-refractivity contribution in [1.29, 1.82) is 0 Å². The van der Waals surface area contributed by atoms with E-state index in [4.69, 9.17) is 5.11 Å². The molecule has 0 atom stereocenters. The summed E-state index contributed by atoms with van der Waals surface area (Å²) in [6.07, 6.45) is 1.17. The Hall–Kier alpha value is -1.36. The summed E-state index contributed by atoms with van der Waals surface area (Å²) in [5.74, 6) is -1.13. The molecular weight excluding hydrogens is 250 g/mol. The van der Waals surface area contributed by atoms with E-state index >= 15 is 0 Å². The Bertz CT molecular complexity index is 457. The molecule has 0 aliphatic rings. The maximum Gasteiger partial charge on any atom is 0.348 e. The smallest absolute Gasteiger partial charge is 0.348 e. The molecule has 18 heavy (non-hydrogen) atoms. The molecule has 2 N–H and O–H groups in total. The molecule has 0 bridgehead atoms. The van der Waals surface area contributed by atoms with Crippen LogP contribution in [0.5, 0.6) is 0 Å². The lowest BCUT2D eigenvalue weighted by Gasteiger charge is -2.17. The van der Waals surface area contributed by atoms with Crippen molar-refractivity contribution in [3.63, 3.8) is 0 Å². The number of carbonyl (C=O) groups is 2. The number of anilines is 1. The van der Waals surface area contributed by atoms with Gasteiger partial charge in [0, 0.05) is 6.42 Å². The Morgan fingerprint density at radius 1 is 1.39 bits per heavy atom. The van der Waals surface area contributed by atoms with Crippen LogP contribution in [0.3, 0.4) is 0 Å². The van der Waals surface area contributed by atoms with Crippen LogP contribution in [0.2, 0.25) is 0 Å². The van der Waals surface area contributed by atoms with Gasteiger partial charge in [0.05, 0.1) is 5.69 Å². The molecule has 0 unspecified atom stereocenters. The van der Waals surface area contributed by atoms with Gasteiger partial charge in [-0.3, -0.25) is 4.79 Å². The van der Waals surface area contributed by atoms with E-state index < -0.39 is 5.97 Å². The Morgan fingerprint density at radius 2 is 2.00 bits per heavy atom. The van der Waals surface area contributed by atoms with E-state index in [1.807, 2.05) is 0 Å². The van der Waals surface area contributed by atoms with Crippen LogP contribution in [0.1, 0.15) is 48.8 Å². The van der Waals surface area contributed by atoms with Gasteiger partial charge < -0.3 is 10.4 Å². The number of hydrogen-bond acceptors (Lipinski definition) is 3. The van der Waals surface area contributed by atoms with Gasteiger partial charge in [-0.1, -0.05) is 20.8 Å². The maximum absolute atomic E-state index is 11.8. The number of carbonyl (C=O) groups excluding carboxylic acids is 1. The Morgan fingerprint density at radius 3 is 2.50 bits per heavy atom. The third kappa shape index (κ3) is 4.14. The van der Waals surface area contributed by atoms with Gasteiger partial charge in [-0.2, -0.15) is 0 Å². The minimum atomic E-state index is -1.00. The molecule has 0 aliphatic carbocycles. The van der Waals surface area contributed by atoms with Gasteiger partial charge in [0.2, 0.25) is 5.91 Å². The largest absolute Gasteiger partial charge is 0.477 e. The molecule has 100 valence electrons. The van der Waals surface area contributed by atoms with Gasteiger partial charge in [-0.25, -0.2) is 4.79 Å². The van der Waals surface area contributed by atoms with E-state index in [0.29, 0.717) is 12.1 Å². The molecule has 0 fully saturated rings. The monoisotopic (exact) mass is 269 g/mol. The molecule has 0 spiro atoms. The van der Waals surface area contributed by atoms with Crippen LogP contribution in [-0.4, -0.2) is 17.0 Å². The lowest BCUT2D eigenvalue weighted by molar-refractivity contribution is -0.116. The topological polar surface area (TPSA) is 66.4 Å². The first-order chi connectivity index (χ1) is 8.20. The highest BCUT2D eigenvalue weighted by atomic mass is 32.1. The van der Waals surface area contributed by atoms with Gasteiger partial charge in [-0.05, 0) is 29.7 Å². The van der Waals surface area contributed by atoms with Crippen molar-refractivity contribution in [2.45, 2.75) is 40.5 Å². The number of hydrogen-bond donors (Lipinski definition) is 2. The highest BCUT2D eigenvalue weighted by Crippen LogP contribution is 2.28. The van der Waals surface area contributed by atoms with Crippen LogP contribution in [0.4, 0.5) is 5.69 Å². The van der Waals surface area contributed by atoms with E-state index in [-0.39, 0.29) is 16.2 Å². The second-order valence-corrected chi connectivity index (χ2v) is 6.42. The summed E-state index contributed by atoms with van der Waals surface area (Å²) in [5.41, 5.74) is 1.32. The summed E-state index contributed by atoms with van der Waals surface area (Å²) in [7, 11) is 0. The van der Waals surface area contributed by atoms with Crippen molar-refractivity contribution in [3.05, 3.63) is 15.8 Å². The minimum Gasteiger partial charge on any atom is -0.477 e. The predicted octanol–water partition coefficient (Wildman–Crippen LogP) is 3.52. The molecule has 0 saturated heterocycles. The number of thiophene rings is 1. The molecule has 0 aliphatic heterocycles. The van der Waals surface area contributed by atoms with Gasteiger partial charge in [0.1, 0.15) is 4.88 Å². The van der Waals surface area contributed by atoms with Gasteiger partial charge in [0.15, 0.2) is 0 Å². The number of carboxylic acids is 1. The average Bonchev–Trinajstić information content (AvgIpc) is 2.57. The predicted molar refractivity (Wildman–Crippen MR) is 73.3 cm³/mol. The quantitative estimate of drug-likeness (QED) is 0.878. The van der Waals surface area contributed by atoms with E-state index in [9.17, 15) is 9.59 Å². The van der Waals surface area contributed by atoms with E-state index in [2.05, 4.69) is 26.1 Å². The molecule has 0 aromatic carbocycles. The average molecular weight is 269 g/mol. The third-order valence-corrected chi connectivity index (χ3v) is 3.62. The number of aryl methyl sites for hydroxylation is 1. The Balaban J connectivity index is 2.70. The number of amides is 1. The fourth-order valence-electron chi connectivity index (χ4n) is 1.45. The SMILES string of the molecule is Cc1csc(C(=O)O)c1NC(=O)CCC(C)(C)C. The van der Waals surface area contributed by atoms with Crippen molar-refractivity contribution in [2.75, 3.05) is 5.32 Å². The zero-order valence-corrected chi connectivity index (χ0v) is 12.0. The molecule has 1 aromatic heterocycles. The lowest BCUT2D eigenvalue weighted by Crippen LogP contribution is -2.17. The number of carboxylic acid groups (broad SMARTS) is 1. The Labute approximate surface area is 111 Å². The maximum atomic E-state index is 11.8. The summed E-state index contributed by atoms with van der Waals surface area (Å²) in [6, 6.07) is 0. The first-order valence-electron chi connectivity index (χ1n) is 5.82.